The molecule has 2 aromatic heterocycles. The van der Waals surface area contributed by atoms with Crippen molar-refractivity contribution in [3.8, 4) is 33.7 Å². The number of para-hydroxylation sites is 1. The summed E-state index contributed by atoms with van der Waals surface area (Å²) >= 11 is 0. The van der Waals surface area contributed by atoms with Crippen molar-refractivity contribution in [3.63, 3.8) is 0 Å². The van der Waals surface area contributed by atoms with Crippen LogP contribution in [-0.4, -0.2) is 4.98 Å². The normalized spacial score (nSPS) is 11.5. The maximum atomic E-state index is 6.81. The van der Waals surface area contributed by atoms with E-state index in [9.17, 15) is 0 Å². The molecule has 0 radical (unpaired) electrons. The molecule has 0 saturated carbocycles. The molecule has 0 aliphatic rings. The quantitative estimate of drug-likeness (QED) is 0.179. The number of fused-ring (bicyclic) bond motifs is 5. The number of furan rings is 1. The van der Waals surface area contributed by atoms with E-state index >= 15 is 0 Å². The van der Waals surface area contributed by atoms with Crippen molar-refractivity contribution >= 4 is 60.9 Å². The summed E-state index contributed by atoms with van der Waals surface area (Å²) in [5, 5.41) is 4.40. The van der Waals surface area contributed by atoms with Gasteiger partial charge in [0.2, 0.25) is 5.89 Å². The minimum Gasteiger partial charge on any atom is -0.456 e. The molecule has 0 bridgehead atoms. The van der Waals surface area contributed by atoms with Gasteiger partial charge in [0.05, 0.1) is 5.39 Å². The van der Waals surface area contributed by atoms with Gasteiger partial charge in [-0.05, 0) is 75.5 Å². The van der Waals surface area contributed by atoms with Gasteiger partial charge in [-0.25, -0.2) is 4.98 Å². The molecule has 2 heterocycles. The third kappa shape index (κ3) is 4.96. The molecular formula is C47H30N2O2. The second kappa shape index (κ2) is 11.9. The van der Waals surface area contributed by atoms with Crippen LogP contribution in [0.15, 0.2) is 191 Å². The van der Waals surface area contributed by atoms with Crippen LogP contribution in [0.4, 0.5) is 17.1 Å². The van der Waals surface area contributed by atoms with Crippen molar-refractivity contribution in [2.45, 2.75) is 0 Å². The Hall–Kier alpha value is -6.91. The van der Waals surface area contributed by atoms with Crippen molar-refractivity contribution in [2.75, 3.05) is 4.90 Å². The van der Waals surface area contributed by atoms with E-state index in [1.165, 1.54) is 21.9 Å². The van der Waals surface area contributed by atoms with E-state index in [2.05, 4.69) is 132 Å². The van der Waals surface area contributed by atoms with Crippen LogP contribution in [0, 0.1) is 0 Å². The van der Waals surface area contributed by atoms with Gasteiger partial charge in [-0.2, -0.15) is 0 Å². The summed E-state index contributed by atoms with van der Waals surface area (Å²) < 4.78 is 13.4. The van der Waals surface area contributed by atoms with Crippen LogP contribution in [-0.2, 0) is 0 Å². The molecule has 0 spiro atoms. The fraction of sp³-hybridized carbons (Fsp3) is 0. The lowest BCUT2D eigenvalue weighted by Gasteiger charge is -2.27. The predicted molar refractivity (Wildman–Crippen MR) is 210 cm³/mol. The van der Waals surface area contributed by atoms with Gasteiger partial charge in [0, 0.05) is 28.4 Å². The first-order valence-corrected chi connectivity index (χ1v) is 17.1. The molecule has 51 heavy (non-hydrogen) atoms. The summed E-state index contributed by atoms with van der Waals surface area (Å²) in [5.74, 6) is 0.563. The lowest BCUT2D eigenvalue weighted by Crippen LogP contribution is -2.11. The van der Waals surface area contributed by atoms with Gasteiger partial charge in [-0.15, -0.1) is 0 Å². The Morgan fingerprint density at radius 2 is 1.08 bits per heavy atom. The number of hydrogen-bond acceptors (Lipinski definition) is 4. The first kappa shape index (κ1) is 29.0. The van der Waals surface area contributed by atoms with Gasteiger partial charge in [0.25, 0.3) is 0 Å². The monoisotopic (exact) mass is 654 g/mol. The van der Waals surface area contributed by atoms with Crippen molar-refractivity contribution < 1.29 is 8.83 Å². The molecule has 0 saturated heterocycles. The standard InChI is InChI=1S/C47H30N2O2/c1-3-13-31(14-4-1)32-25-27-36(28-26-32)49(37-20-11-19-35(29-37)39-23-12-18-33-15-7-8-21-38(33)39)45-44-40-22-9-10-24-42(40)50-43(44)30-41-46(45)51-47(48-41)34-16-5-2-6-17-34/h1-30H. The van der Waals surface area contributed by atoms with Crippen LogP contribution in [0.2, 0.25) is 0 Å². The van der Waals surface area contributed by atoms with Crippen molar-refractivity contribution in [1.82, 2.24) is 4.98 Å². The second-order valence-corrected chi connectivity index (χ2v) is 12.8. The largest absolute Gasteiger partial charge is 0.456 e. The van der Waals surface area contributed by atoms with Gasteiger partial charge >= 0.3 is 0 Å². The summed E-state index contributed by atoms with van der Waals surface area (Å²) in [5.41, 5.74) is 11.4. The Labute approximate surface area is 294 Å². The molecule has 240 valence electrons. The summed E-state index contributed by atoms with van der Waals surface area (Å²) in [7, 11) is 0. The molecule has 0 fully saturated rings. The van der Waals surface area contributed by atoms with Gasteiger partial charge in [-0.3, -0.25) is 0 Å². The Bertz CT molecular complexity index is 2850. The molecular weight excluding hydrogens is 625 g/mol. The van der Waals surface area contributed by atoms with Crippen LogP contribution in [0.25, 0.3) is 77.5 Å². The van der Waals surface area contributed by atoms with Crippen molar-refractivity contribution in [3.05, 3.63) is 182 Å². The zero-order valence-corrected chi connectivity index (χ0v) is 27.5. The average Bonchev–Trinajstić information content (AvgIpc) is 3.80. The fourth-order valence-electron chi connectivity index (χ4n) is 7.30. The third-order valence-corrected chi connectivity index (χ3v) is 9.68. The van der Waals surface area contributed by atoms with Crippen LogP contribution in [0.1, 0.15) is 0 Å². The van der Waals surface area contributed by atoms with E-state index in [1.807, 2.05) is 54.6 Å². The van der Waals surface area contributed by atoms with E-state index in [4.69, 9.17) is 13.8 Å². The highest BCUT2D eigenvalue weighted by molar-refractivity contribution is 6.20. The number of benzene rings is 8. The molecule has 10 aromatic rings. The molecule has 0 aliphatic carbocycles. The van der Waals surface area contributed by atoms with Crippen molar-refractivity contribution in [1.29, 1.82) is 0 Å². The topological polar surface area (TPSA) is 42.4 Å². The summed E-state index contributed by atoms with van der Waals surface area (Å²) in [6.45, 7) is 0. The first-order chi connectivity index (χ1) is 25.3. The average molecular weight is 655 g/mol. The summed E-state index contributed by atoms with van der Waals surface area (Å²) in [6, 6.07) is 63.3. The molecule has 0 atom stereocenters. The predicted octanol–water partition coefficient (Wildman–Crippen LogP) is 13.4. The lowest BCUT2D eigenvalue weighted by atomic mass is 9.97. The van der Waals surface area contributed by atoms with E-state index < -0.39 is 0 Å². The summed E-state index contributed by atoms with van der Waals surface area (Å²) in [6.07, 6.45) is 0. The van der Waals surface area contributed by atoms with E-state index in [0.29, 0.717) is 11.5 Å². The number of oxazole rings is 1. The summed E-state index contributed by atoms with van der Waals surface area (Å²) in [4.78, 5) is 7.33. The van der Waals surface area contributed by atoms with Gasteiger partial charge in [0.15, 0.2) is 5.58 Å². The first-order valence-electron chi connectivity index (χ1n) is 17.1. The molecule has 0 N–H and O–H groups in total. The van der Waals surface area contributed by atoms with E-state index in [-0.39, 0.29) is 0 Å². The highest BCUT2D eigenvalue weighted by Gasteiger charge is 2.26. The van der Waals surface area contributed by atoms with E-state index in [1.54, 1.807) is 0 Å². The molecule has 4 heteroatoms. The minimum absolute atomic E-state index is 0.563. The van der Waals surface area contributed by atoms with Gasteiger partial charge in [0.1, 0.15) is 22.4 Å². The van der Waals surface area contributed by atoms with Crippen LogP contribution < -0.4 is 4.90 Å². The molecule has 0 amide bonds. The third-order valence-electron chi connectivity index (χ3n) is 9.68. The minimum atomic E-state index is 0.563. The highest BCUT2D eigenvalue weighted by atomic mass is 16.4. The maximum absolute atomic E-state index is 6.81. The zero-order valence-electron chi connectivity index (χ0n) is 27.5. The lowest BCUT2D eigenvalue weighted by molar-refractivity contribution is 0.620. The number of anilines is 3. The van der Waals surface area contributed by atoms with Crippen LogP contribution in [0.3, 0.4) is 0 Å². The van der Waals surface area contributed by atoms with E-state index in [0.717, 1.165) is 61.2 Å². The number of nitrogens with zero attached hydrogens (tertiary/aromatic N) is 2. The SMILES string of the molecule is c1ccc(-c2ccc(N(c3cccc(-c4cccc5ccccc45)c3)c3c4oc(-c5ccccc5)nc4cc4oc5ccccc5c34)cc2)cc1. The number of hydrogen-bond donors (Lipinski definition) is 0. The zero-order chi connectivity index (χ0) is 33.7. The van der Waals surface area contributed by atoms with Crippen LogP contribution >= 0.6 is 0 Å². The van der Waals surface area contributed by atoms with Crippen LogP contribution in [0.5, 0.6) is 0 Å². The fourth-order valence-corrected chi connectivity index (χ4v) is 7.30. The Kier molecular flexibility index (Phi) is 6.78. The Morgan fingerprint density at radius 3 is 1.90 bits per heavy atom. The molecule has 0 unspecified atom stereocenters. The maximum Gasteiger partial charge on any atom is 0.227 e. The van der Waals surface area contributed by atoms with Gasteiger partial charge < -0.3 is 13.7 Å². The molecule has 8 aromatic carbocycles. The molecule has 10 rings (SSSR count). The number of aromatic nitrogens is 1. The second-order valence-electron chi connectivity index (χ2n) is 12.8. The smallest absolute Gasteiger partial charge is 0.227 e. The number of rotatable bonds is 6. The van der Waals surface area contributed by atoms with Crippen molar-refractivity contribution in [2.24, 2.45) is 0 Å². The van der Waals surface area contributed by atoms with Gasteiger partial charge in [-0.1, -0.05) is 133 Å². The highest BCUT2D eigenvalue weighted by Crippen LogP contribution is 2.48. The Balaban J connectivity index is 1.27. The Morgan fingerprint density at radius 1 is 0.431 bits per heavy atom. The molecule has 4 nitrogen and oxygen atoms in total. The molecule has 0 aliphatic heterocycles.